The number of benzene rings is 2. The third kappa shape index (κ3) is 4.28. The van der Waals surface area contributed by atoms with Gasteiger partial charge in [-0.25, -0.2) is 4.79 Å². The van der Waals surface area contributed by atoms with E-state index in [0.717, 1.165) is 16.7 Å². The van der Waals surface area contributed by atoms with Crippen molar-refractivity contribution in [1.82, 2.24) is 0 Å². The summed E-state index contributed by atoms with van der Waals surface area (Å²) in [7, 11) is 1.59. The Morgan fingerprint density at radius 3 is 2.44 bits per heavy atom. The largest absolute Gasteiger partial charge is 0.497 e. The lowest BCUT2D eigenvalue weighted by atomic mass is 10.1. The molecule has 0 radical (unpaired) electrons. The second-order valence-corrected chi connectivity index (χ2v) is 4.89. The highest BCUT2D eigenvalue weighted by atomic mass is 16.5. The first-order valence-electron chi connectivity index (χ1n) is 8.03. The Balaban J connectivity index is 0.00000109. The van der Waals surface area contributed by atoms with Crippen LogP contribution < -0.4 is 10.4 Å². The van der Waals surface area contributed by atoms with Gasteiger partial charge in [-0.1, -0.05) is 37.8 Å². The Morgan fingerprint density at radius 2 is 1.80 bits per heavy atom. The van der Waals surface area contributed by atoms with E-state index in [2.05, 4.69) is 11.8 Å². The maximum atomic E-state index is 12.2. The lowest BCUT2D eigenvalue weighted by molar-refractivity contribution is 0.350. The zero-order chi connectivity index (χ0) is 18.2. The van der Waals surface area contributed by atoms with Gasteiger partial charge < -0.3 is 14.3 Å². The van der Waals surface area contributed by atoms with Crippen LogP contribution in [0, 0.1) is 11.8 Å². The molecule has 0 amide bonds. The van der Waals surface area contributed by atoms with Crippen molar-refractivity contribution < 1.29 is 14.3 Å². The molecular formula is C21H20O4. The molecule has 4 heteroatoms. The van der Waals surface area contributed by atoms with Crippen LogP contribution in [0.3, 0.4) is 0 Å². The Morgan fingerprint density at radius 1 is 1.08 bits per heavy atom. The predicted molar refractivity (Wildman–Crippen MR) is 99.8 cm³/mol. The Kier molecular flexibility index (Phi) is 6.39. The number of hydrogen-bond donors (Lipinski definition) is 1. The summed E-state index contributed by atoms with van der Waals surface area (Å²) in [5.74, 6) is 6.08. The minimum Gasteiger partial charge on any atom is -0.497 e. The van der Waals surface area contributed by atoms with E-state index in [9.17, 15) is 4.79 Å². The van der Waals surface area contributed by atoms with Crippen molar-refractivity contribution in [3.63, 3.8) is 0 Å². The maximum Gasteiger partial charge on any atom is 0.344 e. The van der Waals surface area contributed by atoms with E-state index >= 15 is 0 Å². The molecule has 0 unspecified atom stereocenters. The van der Waals surface area contributed by atoms with Crippen molar-refractivity contribution in [2.24, 2.45) is 0 Å². The van der Waals surface area contributed by atoms with E-state index < -0.39 is 5.63 Å². The number of aliphatic hydroxyl groups is 1. The van der Waals surface area contributed by atoms with Gasteiger partial charge in [0.1, 0.15) is 17.9 Å². The molecule has 0 saturated carbocycles. The molecule has 1 heterocycles. The molecule has 0 aliphatic carbocycles. The Bertz CT molecular complexity index is 957. The number of aliphatic hydroxyl groups excluding tert-OH is 1. The molecule has 128 valence electrons. The van der Waals surface area contributed by atoms with Gasteiger partial charge in [0.15, 0.2) is 0 Å². The van der Waals surface area contributed by atoms with Gasteiger partial charge >= 0.3 is 5.63 Å². The summed E-state index contributed by atoms with van der Waals surface area (Å²) >= 11 is 0. The molecule has 0 aliphatic heterocycles. The standard InChI is InChI=1S/C19H14O4.C2H6/c1-22-16-8-6-14(7-9-16)17-12-15-5-4-13(3-2-10-20)11-18(15)23-19(17)21;1-2/h4-9,11-12,20H,10H2,1H3;1-2H3. The first-order chi connectivity index (χ1) is 12.2. The third-order valence-electron chi connectivity index (χ3n) is 3.45. The van der Waals surface area contributed by atoms with Crippen molar-refractivity contribution in [3.8, 4) is 28.7 Å². The van der Waals surface area contributed by atoms with E-state index in [1.807, 2.05) is 38.1 Å². The van der Waals surface area contributed by atoms with Crippen molar-refractivity contribution in [1.29, 1.82) is 0 Å². The van der Waals surface area contributed by atoms with E-state index in [4.69, 9.17) is 14.3 Å². The van der Waals surface area contributed by atoms with Crippen LogP contribution >= 0.6 is 0 Å². The normalized spacial score (nSPS) is 9.60. The van der Waals surface area contributed by atoms with Gasteiger partial charge in [0.05, 0.1) is 12.7 Å². The summed E-state index contributed by atoms with van der Waals surface area (Å²) in [4.78, 5) is 12.2. The summed E-state index contributed by atoms with van der Waals surface area (Å²) in [6.07, 6.45) is 0. The van der Waals surface area contributed by atoms with Crippen molar-refractivity contribution in [3.05, 3.63) is 64.5 Å². The lowest BCUT2D eigenvalue weighted by Gasteiger charge is -2.04. The molecule has 2 aromatic carbocycles. The molecule has 0 bridgehead atoms. The Hall–Kier alpha value is -3.03. The summed E-state index contributed by atoms with van der Waals surface area (Å²) in [6.45, 7) is 3.79. The second-order valence-electron chi connectivity index (χ2n) is 4.89. The fourth-order valence-corrected chi connectivity index (χ4v) is 2.30. The summed E-state index contributed by atoms with van der Waals surface area (Å²) < 4.78 is 10.5. The molecule has 4 nitrogen and oxygen atoms in total. The number of methoxy groups -OCH3 is 1. The molecule has 25 heavy (non-hydrogen) atoms. The van der Waals surface area contributed by atoms with E-state index in [1.54, 1.807) is 31.4 Å². The predicted octanol–water partition coefficient (Wildman–Crippen LogP) is 3.84. The van der Waals surface area contributed by atoms with Gasteiger partial charge in [-0.2, -0.15) is 0 Å². The molecule has 0 saturated heterocycles. The summed E-state index contributed by atoms with van der Waals surface area (Å²) in [5, 5.41) is 9.54. The van der Waals surface area contributed by atoms with Crippen molar-refractivity contribution >= 4 is 11.0 Å². The van der Waals surface area contributed by atoms with Gasteiger partial charge in [-0.05, 0) is 42.0 Å². The van der Waals surface area contributed by atoms with Crippen LogP contribution in [-0.4, -0.2) is 18.8 Å². The molecule has 0 spiro atoms. The van der Waals surface area contributed by atoms with Crippen LogP contribution in [0.5, 0.6) is 5.75 Å². The Labute approximate surface area is 146 Å². The van der Waals surface area contributed by atoms with Crippen molar-refractivity contribution in [2.75, 3.05) is 13.7 Å². The average molecular weight is 336 g/mol. The quantitative estimate of drug-likeness (QED) is 0.570. The van der Waals surface area contributed by atoms with Crippen LogP contribution in [-0.2, 0) is 0 Å². The lowest BCUT2D eigenvalue weighted by Crippen LogP contribution is -2.02. The molecule has 0 fully saturated rings. The summed E-state index contributed by atoms with van der Waals surface area (Å²) in [5.41, 5.74) is 2.01. The highest BCUT2D eigenvalue weighted by molar-refractivity contribution is 5.82. The van der Waals surface area contributed by atoms with Crippen LogP contribution in [0.15, 0.2) is 57.7 Å². The number of ether oxygens (including phenoxy) is 1. The molecule has 1 aromatic heterocycles. The van der Waals surface area contributed by atoms with Crippen LogP contribution in [0.4, 0.5) is 0 Å². The topological polar surface area (TPSA) is 59.7 Å². The molecular weight excluding hydrogens is 316 g/mol. The molecule has 1 N–H and O–H groups in total. The molecule has 0 aliphatic rings. The van der Waals surface area contributed by atoms with Gasteiger partial charge in [-0.15, -0.1) is 0 Å². The highest BCUT2D eigenvalue weighted by Gasteiger charge is 2.08. The summed E-state index contributed by atoms with van der Waals surface area (Å²) in [6, 6.07) is 14.4. The zero-order valence-electron chi connectivity index (χ0n) is 14.5. The average Bonchev–Trinajstić information content (AvgIpc) is 2.67. The SMILES string of the molecule is CC.COc1ccc(-c2cc3ccc(C#CCO)cc3oc2=O)cc1. The van der Waals surface area contributed by atoms with Gasteiger partial charge in [0, 0.05) is 10.9 Å². The van der Waals surface area contributed by atoms with Crippen LogP contribution in [0.1, 0.15) is 19.4 Å². The fraction of sp³-hybridized carbons (Fsp3) is 0.190. The third-order valence-corrected chi connectivity index (χ3v) is 3.45. The molecule has 0 atom stereocenters. The first-order valence-corrected chi connectivity index (χ1v) is 8.03. The van der Waals surface area contributed by atoms with Crippen molar-refractivity contribution in [2.45, 2.75) is 13.8 Å². The minimum absolute atomic E-state index is 0.210. The van der Waals surface area contributed by atoms with Crippen LogP contribution in [0.2, 0.25) is 0 Å². The zero-order valence-corrected chi connectivity index (χ0v) is 14.5. The number of hydrogen-bond acceptors (Lipinski definition) is 4. The van der Waals surface area contributed by atoms with Gasteiger partial charge in [0.25, 0.3) is 0 Å². The number of rotatable bonds is 2. The maximum absolute atomic E-state index is 12.2. The molecule has 3 rings (SSSR count). The minimum atomic E-state index is -0.407. The monoisotopic (exact) mass is 336 g/mol. The molecule has 3 aromatic rings. The highest BCUT2D eigenvalue weighted by Crippen LogP contribution is 2.23. The first kappa shape index (κ1) is 18.3. The smallest absolute Gasteiger partial charge is 0.344 e. The fourth-order valence-electron chi connectivity index (χ4n) is 2.30. The van der Waals surface area contributed by atoms with Crippen LogP contribution in [0.25, 0.3) is 22.1 Å². The van der Waals surface area contributed by atoms with E-state index in [-0.39, 0.29) is 6.61 Å². The van der Waals surface area contributed by atoms with Gasteiger partial charge in [-0.3, -0.25) is 0 Å². The van der Waals surface area contributed by atoms with E-state index in [0.29, 0.717) is 16.7 Å². The van der Waals surface area contributed by atoms with Gasteiger partial charge in [0.2, 0.25) is 0 Å². The van der Waals surface area contributed by atoms with E-state index in [1.165, 1.54) is 0 Å². The second kappa shape index (κ2) is 8.72. The number of fused-ring (bicyclic) bond motifs is 1.